The molecule has 1 atom stereocenters. The van der Waals surface area contributed by atoms with E-state index in [4.69, 9.17) is 16.3 Å². The van der Waals surface area contributed by atoms with Gasteiger partial charge in [0.15, 0.2) is 0 Å². The molecule has 0 saturated heterocycles. The molecule has 6 nitrogen and oxygen atoms in total. The van der Waals surface area contributed by atoms with E-state index in [1.807, 2.05) is 0 Å². The van der Waals surface area contributed by atoms with Gasteiger partial charge in [0.2, 0.25) is 12.0 Å². The zero-order valence-electron chi connectivity index (χ0n) is 17.7. The van der Waals surface area contributed by atoms with Gasteiger partial charge < -0.3 is 15.4 Å². The molecule has 0 aromatic heterocycles. The van der Waals surface area contributed by atoms with Gasteiger partial charge in [0.25, 0.3) is 5.91 Å². The third-order valence-corrected chi connectivity index (χ3v) is 4.88. The number of esters is 1. The molecule has 3 aromatic rings. The van der Waals surface area contributed by atoms with Crippen molar-refractivity contribution >= 4 is 40.8 Å². The van der Waals surface area contributed by atoms with Gasteiger partial charge in [-0.2, -0.15) is 13.2 Å². The molecule has 0 fully saturated rings. The van der Waals surface area contributed by atoms with Crippen LogP contribution in [0.1, 0.15) is 34.5 Å². The Hall–Kier alpha value is -3.85. The van der Waals surface area contributed by atoms with Gasteiger partial charge in [-0.15, -0.1) is 0 Å². The van der Waals surface area contributed by atoms with E-state index in [-0.39, 0.29) is 17.2 Å². The topological polar surface area (TPSA) is 84.5 Å². The maximum atomic E-state index is 13.2. The molecule has 0 spiro atoms. The van der Waals surface area contributed by atoms with Crippen LogP contribution in [0.2, 0.25) is 5.02 Å². The highest BCUT2D eigenvalue weighted by Crippen LogP contribution is 2.36. The first-order valence-corrected chi connectivity index (χ1v) is 10.2. The summed E-state index contributed by atoms with van der Waals surface area (Å²) in [6.45, 7) is 1.34. The quantitative estimate of drug-likeness (QED) is 0.424. The summed E-state index contributed by atoms with van der Waals surface area (Å²) in [4.78, 5) is 36.8. The van der Waals surface area contributed by atoms with E-state index in [1.54, 1.807) is 30.3 Å². The molecule has 3 rings (SSSR count). The average molecular weight is 491 g/mol. The van der Waals surface area contributed by atoms with Crippen LogP contribution in [-0.4, -0.2) is 17.8 Å². The first kappa shape index (κ1) is 24.8. The number of benzene rings is 3. The van der Waals surface area contributed by atoms with E-state index >= 15 is 0 Å². The van der Waals surface area contributed by atoms with Crippen molar-refractivity contribution in [2.45, 2.75) is 19.2 Å². The fourth-order valence-electron chi connectivity index (χ4n) is 3.00. The van der Waals surface area contributed by atoms with Gasteiger partial charge in [0, 0.05) is 23.9 Å². The number of alkyl halides is 3. The van der Waals surface area contributed by atoms with E-state index in [2.05, 4.69) is 10.6 Å². The van der Waals surface area contributed by atoms with Crippen LogP contribution in [0, 0.1) is 0 Å². The number of hydrogen-bond acceptors (Lipinski definition) is 4. The van der Waals surface area contributed by atoms with Gasteiger partial charge >= 0.3 is 12.1 Å². The Morgan fingerprint density at radius 1 is 0.882 bits per heavy atom. The van der Waals surface area contributed by atoms with Gasteiger partial charge in [-0.1, -0.05) is 41.9 Å². The number of nitrogens with one attached hydrogen (secondary N) is 2. The Morgan fingerprint density at radius 3 is 2.09 bits per heavy atom. The van der Waals surface area contributed by atoms with Crippen LogP contribution >= 0.6 is 11.6 Å². The van der Waals surface area contributed by atoms with Gasteiger partial charge in [0.1, 0.15) is 0 Å². The van der Waals surface area contributed by atoms with Crippen LogP contribution in [0.15, 0.2) is 72.8 Å². The molecule has 2 N–H and O–H groups in total. The van der Waals surface area contributed by atoms with Crippen LogP contribution < -0.4 is 10.6 Å². The second kappa shape index (κ2) is 10.4. The molecular weight excluding hydrogens is 473 g/mol. The lowest BCUT2D eigenvalue weighted by atomic mass is 10.1. The predicted molar refractivity (Wildman–Crippen MR) is 120 cm³/mol. The van der Waals surface area contributed by atoms with Gasteiger partial charge in [-0.05, 0) is 42.5 Å². The minimum atomic E-state index is -4.72. The monoisotopic (exact) mass is 490 g/mol. The summed E-state index contributed by atoms with van der Waals surface area (Å²) in [5.41, 5.74) is -0.399. The van der Waals surface area contributed by atoms with Crippen molar-refractivity contribution in [1.82, 2.24) is 0 Å². The normalized spacial score (nSPS) is 11.9. The largest absolute Gasteiger partial charge is 0.444 e. The van der Waals surface area contributed by atoms with Crippen LogP contribution in [-0.2, 0) is 20.5 Å². The Bertz CT molecular complexity index is 1200. The summed E-state index contributed by atoms with van der Waals surface area (Å²) in [5, 5.41) is 4.39. The van der Waals surface area contributed by atoms with Crippen LogP contribution in [0.25, 0.3) is 0 Å². The molecule has 2 amide bonds. The first-order chi connectivity index (χ1) is 16.0. The molecule has 0 aliphatic carbocycles. The van der Waals surface area contributed by atoms with Crippen molar-refractivity contribution in [3.63, 3.8) is 0 Å². The van der Waals surface area contributed by atoms with Gasteiger partial charge in [-0.25, -0.2) is 4.79 Å². The minimum absolute atomic E-state index is 0.105. The van der Waals surface area contributed by atoms with Crippen molar-refractivity contribution in [3.8, 4) is 0 Å². The summed E-state index contributed by atoms with van der Waals surface area (Å²) in [6, 6.07) is 16.7. The zero-order chi connectivity index (χ0) is 24.9. The molecule has 0 saturated carbocycles. The zero-order valence-corrected chi connectivity index (χ0v) is 18.4. The molecule has 0 unspecified atom stereocenters. The van der Waals surface area contributed by atoms with E-state index < -0.39 is 34.7 Å². The molecule has 0 heterocycles. The molecule has 0 aliphatic rings. The molecule has 3 aromatic carbocycles. The number of anilines is 2. The number of hydrogen-bond donors (Lipinski definition) is 2. The van der Waals surface area contributed by atoms with E-state index in [9.17, 15) is 27.6 Å². The van der Waals surface area contributed by atoms with Crippen molar-refractivity contribution in [2.75, 3.05) is 10.6 Å². The highest BCUT2D eigenvalue weighted by atomic mass is 35.5. The summed E-state index contributed by atoms with van der Waals surface area (Å²) >= 11 is 5.63. The van der Waals surface area contributed by atoms with Gasteiger partial charge in [-0.3, -0.25) is 9.59 Å². The number of amides is 2. The SMILES string of the molecule is CC(=O)Nc1ccc(C(=O)O[C@H](C(=O)Nc2ccc(Cl)c(C(F)(F)F)c2)c2ccccc2)cc1. The maximum Gasteiger partial charge on any atom is 0.417 e. The van der Waals surface area contributed by atoms with E-state index in [1.165, 1.54) is 37.3 Å². The third kappa shape index (κ3) is 6.35. The Morgan fingerprint density at radius 2 is 1.50 bits per heavy atom. The second-order valence-corrected chi connectivity index (χ2v) is 7.54. The summed E-state index contributed by atoms with van der Waals surface area (Å²) in [5.74, 6) is -1.98. The van der Waals surface area contributed by atoms with E-state index in [0.29, 0.717) is 17.3 Å². The highest BCUT2D eigenvalue weighted by Gasteiger charge is 2.34. The van der Waals surface area contributed by atoms with Crippen LogP contribution in [0.3, 0.4) is 0 Å². The number of carbonyl (C=O) groups excluding carboxylic acids is 3. The second-order valence-electron chi connectivity index (χ2n) is 7.14. The fraction of sp³-hybridized carbons (Fsp3) is 0.125. The molecular formula is C24H18ClF3N2O4. The highest BCUT2D eigenvalue weighted by molar-refractivity contribution is 6.31. The van der Waals surface area contributed by atoms with Crippen molar-refractivity contribution in [3.05, 3.63) is 94.5 Å². The first-order valence-electron chi connectivity index (χ1n) is 9.86. The van der Waals surface area contributed by atoms with Crippen LogP contribution in [0.5, 0.6) is 0 Å². The van der Waals surface area contributed by atoms with Crippen molar-refractivity contribution < 1.29 is 32.3 Å². The predicted octanol–water partition coefficient (Wildman–Crippen LogP) is 5.85. The molecule has 34 heavy (non-hydrogen) atoms. The molecule has 0 aliphatic heterocycles. The fourth-order valence-corrected chi connectivity index (χ4v) is 3.22. The van der Waals surface area contributed by atoms with Crippen molar-refractivity contribution in [1.29, 1.82) is 0 Å². The number of rotatable bonds is 6. The summed E-state index contributed by atoms with van der Waals surface area (Å²) in [7, 11) is 0. The Kier molecular flexibility index (Phi) is 7.57. The standard InChI is InChI=1S/C24H18ClF3N2O4/c1-14(31)29-17-9-7-16(8-10-17)23(33)34-21(15-5-3-2-4-6-15)22(32)30-18-11-12-20(25)19(13-18)24(26,27)28/h2-13,21H,1H3,(H,29,31)(H,30,32)/t21-/m0/s1. The Labute approximate surface area is 197 Å². The number of ether oxygens (including phenoxy) is 1. The smallest absolute Gasteiger partial charge is 0.417 e. The summed E-state index contributed by atoms with van der Waals surface area (Å²) in [6.07, 6.45) is -6.17. The number of halogens is 4. The molecule has 0 radical (unpaired) electrons. The average Bonchev–Trinajstić information content (AvgIpc) is 2.78. The van der Waals surface area contributed by atoms with Crippen molar-refractivity contribution in [2.24, 2.45) is 0 Å². The third-order valence-electron chi connectivity index (χ3n) is 4.55. The van der Waals surface area contributed by atoms with Crippen LogP contribution in [0.4, 0.5) is 24.5 Å². The lowest BCUT2D eigenvalue weighted by Crippen LogP contribution is -2.26. The number of carbonyl (C=O) groups is 3. The summed E-state index contributed by atoms with van der Waals surface area (Å²) < 4.78 is 44.9. The molecule has 10 heteroatoms. The minimum Gasteiger partial charge on any atom is -0.444 e. The molecule has 176 valence electrons. The molecule has 0 bridgehead atoms. The lowest BCUT2D eigenvalue weighted by Gasteiger charge is -2.19. The van der Waals surface area contributed by atoms with E-state index in [0.717, 1.165) is 6.07 Å². The van der Waals surface area contributed by atoms with Gasteiger partial charge in [0.05, 0.1) is 16.1 Å². The maximum absolute atomic E-state index is 13.2. The Balaban J connectivity index is 1.84. The lowest BCUT2D eigenvalue weighted by molar-refractivity contribution is -0.137.